The number of thiazole rings is 1. The number of carbonyl (C=O) groups excluding carboxylic acids is 1. The van der Waals surface area contributed by atoms with Crippen LogP contribution in [-0.4, -0.2) is 35.5 Å². The molecule has 16 heavy (non-hydrogen) atoms. The summed E-state index contributed by atoms with van der Waals surface area (Å²) in [7, 11) is 5.48. The van der Waals surface area contributed by atoms with Crippen LogP contribution in [0.5, 0.6) is 0 Å². The number of nitrogens with one attached hydrogen (secondary N) is 1. The Bertz CT molecular complexity index is 530. The number of anilines is 1. The van der Waals surface area contributed by atoms with Crippen molar-refractivity contribution in [1.82, 2.24) is 15.0 Å². The summed E-state index contributed by atoms with van der Waals surface area (Å²) in [5.74, 6) is 0. The lowest BCUT2D eigenvalue weighted by Gasteiger charge is -1.99. The molecule has 0 bridgehead atoms. The summed E-state index contributed by atoms with van der Waals surface area (Å²) in [5.41, 5.74) is 0.768. The van der Waals surface area contributed by atoms with Crippen LogP contribution in [0.15, 0.2) is 6.20 Å². The molecular formula is C8H7BN4O2S. The topological polar surface area (TPSA) is 77.0 Å². The average Bonchev–Trinajstić information content (AvgIpc) is 2.59. The number of carbonyl (C=O) groups is 1. The number of hydrogen-bond acceptors (Lipinski definition) is 6. The van der Waals surface area contributed by atoms with Gasteiger partial charge in [0, 0.05) is 11.8 Å². The van der Waals surface area contributed by atoms with Gasteiger partial charge < -0.3 is 4.74 Å². The molecule has 0 saturated carbocycles. The highest BCUT2D eigenvalue weighted by atomic mass is 32.1. The van der Waals surface area contributed by atoms with E-state index in [9.17, 15) is 4.79 Å². The Morgan fingerprint density at radius 3 is 3.19 bits per heavy atom. The third-order valence-corrected chi connectivity index (χ3v) is 2.48. The maximum atomic E-state index is 11.1. The summed E-state index contributed by atoms with van der Waals surface area (Å²) in [5, 5.41) is 2.87. The van der Waals surface area contributed by atoms with E-state index in [1.165, 1.54) is 17.5 Å². The summed E-state index contributed by atoms with van der Waals surface area (Å²) in [4.78, 5) is 23.8. The minimum absolute atomic E-state index is 0.306. The van der Waals surface area contributed by atoms with Gasteiger partial charge in [0.1, 0.15) is 7.85 Å². The highest BCUT2D eigenvalue weighted by Gasteiger charge is 2.09. The zero-order valence-electron chi connectivity index (χ0n) is 8.43. The number of hydrogen-bond donors (Lipinski definition) is 1. The highest BCUT2D eigenvalue weighted by molar-refractivity contribution is 7.21. The van der Waals surface area contributed by atoms with E-state index < -0.39 is 6.09 Å². The lowest BCUT2D eigenvalue weighted by Crippen LogP contribution is -2.12. The molecule has 1 amide bonds. The second-order valence-corrected chi connectivity index (χ2v) is 3.77. The Morgan fingerprint density at radius 2 is 2.44 bits per heavy atom. The Hall–Kier alpha value is -1.70. The van der Waals surface area contributed by atoms with E-state index in [1.807, 2.05) is 0 Å². The smallest absolute Gasteiger partial charge is 0.413 e. The van der Waals surface area contributed by atoms with Crippen LogP contribution >= 0.6 is 11.3 Å². The molecule has 2 aromatic heterocycles. The molecule has 2 radical (unpaired) electrons. The van der Waals surface area contributed by atoms with E-state index >= 15 is 0 Å². The quantitative estimate of drug-likeness (QED) is 0.763. The first kappa shape index (κ1) is 10.8. The van der Waals surface area contributed by atoms with Crippen molar-refractivity contribution in [2.75, 3.05) is 11.9 Å². The van der Waals surface area contributed by atoms with Gasteiger partial charge in [-0.3, -0.25) is 5.32 Å². The molecule has 1 N–H and O–H groups in total. The Balaban J connectivity index is 2.23. The van der Waals surface area contributed by atoms with Crippen LogP contribution in [0.2, 0.25) is 0 Å². The Morgan fingerprint density at radius 1 is 1.62 bits per heavy atom. The van der Waals surface area contributed by atoms with Gasteiger partial charge in [0.25, 0.3) is 0 Å². The zero-order chi connectivity index (χ0) is 11.5. The largest absolute Gasteiger partial charge is 0.450 e. The van der Waals surface area contributed by atoms with Gasteiger partial charge in [-0.25, -0.2) is 14.8 Å². The lowest BCUT2D eigenvalue weighted by molar-refractivity contribution is 0.168. The van der Waals surface area contributed by atoms with Crippen LogP contribution in [0.25, 0.3) is 10.5 Å². The molecule has 0 aliphatic heterocycles. The first-order chi connectivity index (χ1) is 7.69. The number of aromatic nitrogens is 3. The fourth-order valence-corrected chi connectivity index (χ4v) is 1.83. The fourth-order valence-electron chi connectivity index (χ4n) is 1.04. The van der Waals surface area contributed by atoms with Crippen molar-refractivity contribution in [3.8, 4) is 0 Å². The van der Waals surface area contributed by atoms with Crippen molar-refractivity contribution in [3.63, 3.8) is 0 Å². The number of ether oxygens (including phenoxy) is 1. The van der Waals surface area contributed by atoms with E-state index in [0.717, 1.165) is 0 Å². The van der Waals surface area contributed by atoms with Gasteiger partial charge in [0.05, 0.1) is 6.61 Å². The van der Waals surface area contributed by atoms with Crippen LogP contribution in [-0.2, 0) is 4.74 Å². The van der Waals surface area contributed by atoms with Gasteiger partial charge in [-0.05, 0) is 6.92 Å². The number of nitrogens with zero attached hydrogens (tertiary/aromatic N) is 3. The molecule has 2 heterocycles. The van der Waals surface area contributed by atoms with Crippen LogP contribution in [0.3, 0.4) is 0 Å². The molecule has 0 aliphatic rings. The standard InChI is InChI=1S/C8H7BN4O2S/c1-2-15-8(14)13-7-12-5-6(16-7)11-4(9)3-10-5/h3H,2H2,1H3,(H,10,12,13,14). The van der Waals surface area contributed by atoms with E-state index in [-0.39, 0.29) is 0 Å². The molecule has 2 aromatic rings. The summed E-state index contributed by atoms with van der Waals surface area (Å²) in [6.45, 7) is 2.03. The van der Waals surface area contributed by atoms with Crippen LogP contribution < -0.4 is 10.9 Å². The van der Waals surface area contributed by atoms with Gasteiger partial charge in [0.2, 0.25) is 0 Å². The maximum absolute atomic E-state index is 11.1. The minimum Gasteiger partial charge on any atom is -0.450 e. The van der Waals surface area contributed by atoms with Crippen molar-refractivity contribution in [3.05, 3.63) is 6.20 Å². The first-order valence-electron chi connectivity index (χ1n) is 4.52. The van der Waals surface area contributed by atoms with E-state index in [0.29, 0.717) is 27.8 Å². The van der Waals surface area contributed by atoms with Crippen LogP contribution in [0.1, 0.15) is 6.92 Å². The van der Waals surface area contributed by atoms with E-state index in [1.54, 1.807) is 6.92 Å². The van der Waals surface area contributed by atoms with Gasteiger partial charge in [-0.15, -0.1) is 0 Å². The van der Waals surface area contributed by atoms with Gasteiger partial charge in [-0.1, -0.05) is 11.3 Å². The molecule has 0 spiro atoms. The van der Waals surface area contributed by atoms with E-state index in [2.05, 4.69) is 20.3 Å². The molecule has 0 fully saturated rings. The Labute approximate surface area is 96.5 Å². The van der Waals surface area contributed by atoms with Crippen molar-refractivity contribution in [1.29, 1.82) is 0 Å². The van der Waals surface area contributed by atoms with Gasteiger partial charge in [-0.2, -0.15) is 4.98 Å². The molecule has 0 saturated heterocycles. The third kappa shape index (κ3) is 2.27. The molecule has 0 unspecified atom stereocenters. The Kier molecular flexibility index (Phi) is 3.00. The summed E-state index contributed by atoms with van der Waals surface area (Å²) < 4.78 is 4.72. The minimum atomic E-state index is -0.547. The number of amides is 1. The fraction of sp³-hybridized carbons (Fsp3) is 0.250. The third-order valence-electron chi connectivity index (χ3n) is 1.63. The van der Waals surface area contributed by atoms with Crippen molar-refractivity contribution >= 4 is 46.5 Å². The van der Waals surface area contributed by atoms with Gasteiger partial charge >= 0.3 is 6.09 Å². The van der Waals surface area contributed by atoms with Crippen LogP contribution in [0, 0.1) is 0 Å². The summed E-state index contributed by atoms with van der Waals surface area (Å²) >= 11 is 1.19. The van der Waals surface area contributed by atoms with Gasteiger partial charge in [0.15, 0.2) is 15.6 Å². The molecule has 2 rings (SSSR count). The number of fused-ring (bicyclic) bond motifs is 1. The molecule has 0 aromatic carbocycles. The molecule has 8 heteroatoms. The average molecular weight is 234 g/mol. The van der Waals surface area contributed by atoms with Crippen molar-refractivity contribution < 1.29 is 9.53 Å². The monoisotopic (exact) mass is 234 g/mol. The second-order valence-electron chi connectivity index (χ2n) is 2.79. The summed E-state index contributed by atoms with van der Waals surface area (Å²) in [6.07, 6.45) is 0.866. The van der Waals surface area contributed by atoms with Crippen molar-refractivity contribution in [2.24, 2.45) is 0 Å². The zero-order valence-corrected chi connectivity index (χ0v) is 9.24. The normalized spacial score (nSPS) is 10.3. The lowest BCUT2D eigenvalue weighted by atomic mass is 10.1. The van der Waals surface area contributed by atoms with E-state index in [4.69, 9.17) is 12.6 Å². The molecule has 0 aliphatic carbocycles. The molecular weight excluding hydrogens is 227 g/mol. The summed E-state index contributed by atoms with van der Waals surface area (Å²) in [6, 6.07) is 0. The first-order valence-corrected chi connectivity index (χ1v) is 5.33. The maximum Gasteiger partial charge on any atom is 0.413 e. The highest BCUT2D eigenvalue weighted by Crippen LogP contribution is 2.21. The second kappa shape index (κ2) is 4.44. The number of rotatable bonds is 2. The molecule has 6 nitrogen and oxygen atoms in total. The van der Waals surface area contributed by atoms with Crippen LogP contribution in [0.4, 0.5) is 9.93 Å². The van der Waals surface area contributed by atoms with Crippen molar-refractivity contribution in [2.45, 2.75) is 6.92 Å². The predicted molar refractivity (Wildman–Crippen MR) is 61.2 cm³/mol. The molecule has 0 atom stereocenters. The SMILES string of the molecule is [B]c1cnc2nc(NC(=O)OCC)sc2n1. The predicted octanol–water partition coefficient (Wildman–Crippen LogP) is 0.448. The molecule has 80 valence electrons.